The monoisotopic (exact) mass is 556 g/mol. The van der Waals surface area contributed by atoms with Crippen LogP contribution in [0.4, 0.5) is 26.3 Å². The highest BCUT2D eigenvalue weighted by molar-refractivity contribution is 6.21. The Kier molecular flexibility index (Phi) is 8.61. The van der Waals surface area contributed by atoms with Gasteiger partial charge in [0, 0.05) is 13.1 Å². The number of rotatable bonds is 7. The first-order valence-corrected chi connectivity index (χ1v) is 11.7. The predicted molar refractivity (Wildman–Crippen MR) is 131 cm³/mol. The van der Waals surface area contributed by atoms with Crippen molar-refractivity contribution in [2.75, 3.05) is 20.2 Å². The number of esters is 1. The van der Waals surface area contributed by atoms with Crippen LogP contribution in [0.3, 0.4) is 0 Å². The number of amides is 1. The second-order valence-electron chi connectivity index (χ2n) is 8.87. The Balaban J connectivity index is 1.90. The van der Waals surface area contributed by atoms with Crippen LogP contribution in [0.15, 0.2) is 58.7 Å². The number of methoxy groups -OCH3 is 1. The highest BCUT2D eigenvalue weighted by Gasteiger charge is 2.40. The molecular formula is C26H26F6N4O3. The number of hydrogen-bond donors (Lipinski definition) is 2. The zero-order valence-corrected chi connectivity index (χ0v) is 21.2. The van der Waals surface area contributed by atoms with E-state index in [1.807, 2.05) is 0 Å². The van der Waals surface area contributed by atoms with Gasteiger partial charge in [0.1, 0.15) is 17.1 Å². The average molecular weight is 557 g/mol. The van der Waals surface area contributed by atoms with E-state index >= 15 is 0 Å². The fourth-order valence-electron chi connectivity index (χ4n) is 4.03. The molecule has 0 radical (unpaired) electrons. The van der Waals surface area contributed by atoms with Gasteiger partial charge in [-0.1, -0.05) is 24.3 Å². The number of alkyl halides is 6. The highest BCUT2D eigenvalue weighted by atomic mass is 19.4. The molecule has 210 valence electrons. The number of aryl methyl sites for hydroxylation is 1. The van der Waals surface area contributed by atoms with E-state index < -0.39 is 47.1 Å². The first-order chi connectivity index (χ1) is 18.1. The van der Waals surface area contributed by atoms with Crippen LogP contribution in [0.2, 0.25) is 0 Å². The second kappa shape index (κ2) is 11.4. The summed E-state index contributed by atoms with van der Waals surface area (Å²) < 4.78 is 85.8. The van der Waals surface area contributed by atoms with E-state index in [2.05, 4.69) is 15.0 Å². The number of benzene rings is 2. The smallest absolute Gasteiger partial charge is 0.431 e. The fourth-order valence-corrected chi connectivity index (χ4v) is 4.03. The molecule has 0 aromatic heterocycles. The molecule has 2 aromatic carbocycles. The lowest BCUT2D eigenvalue weighted by atomic mass is 10.0. The van der Waals surface area contributed by atoms with E-state index in [0.29, 0.717) is 5.56 Å². The lowest BCUT2D eigenvalue weighted by Crippen LogP contribution is -2.40. The van der Waals surface area contributed by atoms with E-state index in [0.717, 1.165) is 6.07 Å². The minimum absolute atomic E-state index is 0.00329. The molecule has 3 rings (SSSR count). The lowest BCUT2D eigenvalue weighted by Gasteiger charge is -2.25. The number of carbonyl (C=O) groups is 2. The molecule has 13 heteroatoms. The van der Waals surface area contributed by atoms with Gasteiger partial charge in [-0.15, -0.1) is 0 Å². The summed E-state index contributed by atoms with van der Waals surface area (Å²) in [6.07, 6.45) is -9.69. The lowest BCUT2D eigenvalue weighted by molar-refractivity contribution is -0.138. The van der Waals surface area contributed by atoms with E-state index in [9.17, 15) is 35.9 Å². The third kappa shape index (κ3) is 6.89. The number of halogens is 6. The van der Waals surface area contributed by atoms with Crippen molar-refractivity contribution < 1.29 is 40.7 Å². The summed E-state index contributed by atoms with van der Waals surface area (Å²) in [5.74, 6) is -2.12. The average Bonchev–Trinajstić information content (AvgIpc) is 3.31. The summed E-state index contributed by atoms with van der Waals surface area (Å²) in [4.78, 5) is 30.1. The number of nitrogens with one attached hydrogen (secondary N) is 1. The van der Waals surface area contributed by atoms with Crippen molar-refractivity contribution in [2.45, 2.75) is 38.8 Å². The first-order valence-electron chi connectivity index (χ1n) is 11.7. The van der Waals surface area contributed by atoms with Gasteiger partial charge in [-0.2, -0.15) is 26.3 Å². The Morgan fingerprint density at radius 2 is 1.74 bits per heavy atom. The predicted octanol–water partition coefficient (Wildman–Crippen LogP) is 4.67. The van der Waals surface area contributed by atoms with Gasteiger partial charge in [0.05, 0.1) is 30.8 Å². The van der Waals surface area contributed by atoms with Crippen LogP contribution in [0, 0.1) is 6.92 Å². The maximum atomic E-state index is 13.7. The van der Waals surface area contributed by atoms with Gasteiger partial charge in [-0.3, -0.25) is 9.79 Å². The van der Waals surface area contributed by atoms with Gasteiger partial charge in [-0.25, -0.2) is 4.79 Å². The maximum Gasteiger partial charge on any atom is 0.431 e. The summed E-state index contributed by atoms with van der Waals surface area (Å²) in [6.45, 7) is 2.67. The van der Waals surface area contributed by atoms with Crippen LogP contribution in [0.1, 0.15) is 45.6 Å². The van der Waals surface area contributed by atoms with Gasteiger partial charge in [0.25, 0.3) is 5.91 Å². The van der Waals surface area contributed by atoms with Crippen molar-refractivity contribution in [3.05, 3.63) is 81.6 Å². The number of carbonyl (C=O) groups excluding carboxylic acids is 2. The molecule has 0 saturated heterocycles. The molecular weight excluding hydrogens is 530 g/mol. The third-order valence-corrected chi connectivity index (χ3v) is 6.12. The largest absolute Gasteiger partial charge is 0.465 e. The summed E-state index contributed by atoms with van der Waals surface area (Å²) in [7, 11) is 1.21. The topological polar surface area (TPSA) is 97.0 Å². The van der Waals surface area contributed by atoms with Crippen molar-refractivity contribution in [1.29, 1.82) is 0 Å². The Bertz CT molecular complexity index is 1300. The fraction of sp³-hybridized carbons (Fsp3) is 0.346. The Morgan fingerprint density at radius 1 is 1.10 bits per heavy atom. The standard InChI is InChI=1S/C26H26F6N4O3/c1-14-4-5-16(12-19(14)25(27,28)29)13-36-11-10-34-22(36)20(21(33)26(30,31)32)23(37)35-15(2)17-6-8-18(9-7-17)24(38)39-3/h4-9,12,15H,10-11,13,33H2,1-3H3,(H,35,37). The molecule has 3 N–H and O–H groups in total. The van der Waals surface area contributed by atoms with Gasteiger partial charge < -0.3 is 20.7 Å². The number of allylic oxidation sites excluding steroid dienone is 1. The maximum absolute atomic E-state index is 13.7. The SMILES string of the molecule is COC(=O)c1ccc(C(C)NC(=O)C(C2=NCCN2Cc2ccc(C)c(C(F)(F)F)c2)=C(N)C(F)(F)F)cc1. The molecule has 0 saturated carbocycles. The highest BCUT2D eigenvalue weighted by Crippen LogP contribution is 2.33. The third-order valence-electron chi connectivity index (χ3n) is 6.12. The molecule has 0 spiro atoms. The molecule has 0 aliphatic carbocycles. The van der Waals surface area contributed by atoms with Gasteiger partial charge in [-0.05, 0) is 48.7 Å². The summed E-state index contributed by atoms with van der Waals surface area (Å²) in [5, 5.41) is 2.46. The van der Waals surface area contributed by atoms with E-state index in [-0.39, 0.29) is 42.2 Å². The zero-order chi connectivity index (χ0) is 29.1. The van der Waals surface area contributed by atoms with E-state index in [4.69, 9.17) is 5.73 Å². The number of ether oxygens (including phenoxy) is 1. The van der Waals surface area contributed by atoms with Crippen molar-refractivity contribution in [2.24, 2.45) is 10.7 Å². The van der Waals surface area contributed by atoms with Crippen LogP contribution in [0.25, 0.3) is 0 Å². The minimum atomic E-state index is -5.08. The van der Waals surface area contributed by atoms with Crippen LogP contribution < -0.4 is 11.1 Å². The molecule has 1 atom stereocenters. The number of amidine groups is 1. The Hall–Kier alpha value is -4.03. The molecule has 0 fully saturated rings. The normalized spacial score (nSPS) is 15.4. The number of nitrogens with two attached hydrogens (primary N) is 1. The Labute approximate surface area is 220 Å². The molecule has 2 aromatic rings. The van der Waals surface area contributed by atoms with Gasteiger partial charge >= 0.3 is 18.3 Å². The molecule has 1 heterocycles. The van der Waals surface area contributed by atoms with Crippen molar-refractivity contribution >= 4 is 17.7 Å². The molecule has 1 amide bonds. The van der Waals surface area contributed by atoms with E-state index in [1.165, 1.54) is 62.3 Å². The zero-order valence-electron chi connectivity index (χ0n) is 21.2. The molecule has 0 bridgehead atoms. The van der Waals surface area contributed by atoms with Crippen LogP contribution in [0.5, 0.6) is 0 Å². The molecule has 7 nitrogen and oxygen atoms in total. The second-order valence-corrected chi connectivity index (χ2v) is 8.87. The van der Waals surface area contributed by atoms with Crippen LogP contribution in [-0.4, -0.2) is 49.0 Å². The molecule has 1 aliphatic heterocycles. The number of hydrogen-bond acceptors (Lipinski definition) is 6. The summed E-state index contributed by atoms with van der Waals surface area (Å²) in [5.41, 5.74) is 2.81. The van der Waals surface area contributed by atoms with Crippen LogP contribution >= 0.6 is 0 Å². The number of aliphatic imine (C=N–C) groups is 1. The summed E-state index contributed by atoms with van der Waals surface area (Å²) >= 11 is 0. The van der Waals surface area contributed by atoms with Crippen LogP contribution in [-0.2, 0) is 22.3 Å². The first kappa shape index (κ1) is 29.5. The van der Waals surface area contributed by atoms with E-state index in [1.54, 1.807) is 0 Å². The molecule has 1 aliphatic rings. The quantitative estimate of drug-likeness (QED) is 0.294. The van der Waals surface area contributed by atoms with Crippen molar-refractivity contribution in [3.63, 3.8) is 0 Å². The van der Waals surface area contributed by atoms with Crippen molar-refractivity contribution in [1.82, 2.24) is 10.2 Å². The molecule has 1 unspecified atom stereocenters. The van der Waals surface area contributed by atoms with Crippen molar-refractivity contribution in [3.8, 4) is 0 Å². The molecule has 39 heavy (non-hydrogen) atoms. The minimum Gasteiger partial charge on any atom is -0.465 e. The summed E-state index contributed by atoms with van der Waals surface area (Å²) in [6, 6.07) is 8.69. The van der Waals surface area contributed by atoms with Gasteiger partial charge in [0.15, 0.2) is 0 Å². The number of nitrogens with zero attached hydrogens (tertiary/aromatic N) is 2. The Morgan fingerprint density at radius 3 is 2.31 bits per heavy atom. The van der Waals surface area contributed by atoms with Gasteiger partial charge in [0.2, 0.25) is 0 Å².